The number of anilines is 1. The summed E-state index contributed by atoms with van der Waals surface area (Å²) in [7, 11) is 1.42. The summed E-state index contributed by atoms with van der Waals surface area (Å²) in [6.45, 7) is 3.86. The molecule has 124 valence electrons. The van der Waals surface area contributed by atoms with Crippen LogP contribution in [0.1, 0.15) is 25.3 Å². The minimum absolute atomic E-state index is 0.0597. The first-order valence-electron chi connectivity index (χ1n) is 8.30. The highest BCUT2D eigenvalue weighted by molar-refractivity contribution is 5.83. The second-order valence-electron chi connectivity index (χ2n) is 6.49. The fourth-order valence-corrected chi connectivity index (χ4v) is 3.65. The van der Waals surface area contributed by atoms with Crippen LogP contribution in [-0.4, -0.2) is 49.6 Å². The summed E-state index contributed by atoms with van der Waals surface area (Å²) in [5.74, 6) is -0.0634. The minimum Gasteiger partial charge on any atom is -0.469 e. The Labute approximate surface area is 137 Å². The number of amides is 1. The number of methoxy groups -OCH3 is 1. The van der Waals surface area contributed by atoms with Gasteiger partial charge in [-0.05, 0) is 37.8 Å². The lowest BCUT2D eigenvalue weighted by atomic mass is 9.97. The molecule has 0 saturated carbocycles. The van der Waals surface area contributed by atoms with Gasteiger partial charge in [-0.1, -0.05) is 18.2 Å². The van der Waals surface area contributed by atoms with Crippen LogP contribution in [0.25, 0.3) is 0 Å². The molecule has 5 nitrogen and oxygen atoms in total. The van der Waals surface area contributed by atoms with E-state index in [0.29, 0.717) is 38.5 Å². The van der Waals surface area contributed by atoms with Gasteiger partial charge in [0.05, 0.1) is 19.6 Å². The quantitative estimate of drug-likeness (QED) is 0.799. The molecule has 0 unspecified atom stereocenters. The lowest BCUT2D eigenvalue weighted by Gasteiger charge is -2.33. The number of carbonyl (C=O) groups is 2. The number of ether oxygens (including phenoxy) is 1. The van der Waals surface area contributed by atoms with E-state index in [1.54, 1.807) is 0 Å². The first kappa shape index (κ1) is 15.8. The van der Waals surface area contributed by atoms with Gasteiger partial charge in [0.25, 0.3) is 0 Å². The van der Waals surface area contributed by atoms with Gasteiger partial charge in [0, 0.05) is 24.8 Å². The van der Waals surface area contributed by atoms with E-state index < -0.39 is 0 Å². The summed E-state index contributed by atoms with van der Waals surface area (Å²) < 4.78 is 4.80. The minimum atomic E-state index is -0.154. The maximum absolute atomic E-state index is 12.6. The Kier molecular flexibility index (Phi) is 4.55. The van der Waals surface area contributed by atoms with Gasteiger partial charge in [0.15, 0.2) is 0 Å². The third-order valence-corrected chi connectivity index (χ3v) is 5.04. The van der Waals surface area contributed by atoms with Crippen molar-refractivity contribution in [2.75, 3.05) is 31.6 Å². The number of rotatable bonds is 3. The lowest BCUT2D eigenvalue weighted by molar-refractivity contribution is -0.148. The van der Waals surface area contributed by atoms with Crippen molar-refractivity contribution in [3.63, 3.8) is 0 Å². The zero-order valence-electron chi connectivity index (χ0n) is 13.8. The third kappa shape index (κ3) is 3.19. The molecule has 0 radical (unpaired) electrons. The molecular weight excluding hydrogens is 292 g/mol. The molecule has 23 heavy (non-hydrogen) atoms. The number of hydrogen-bond donors (Lipinski definition) is 0. The lowest BCUT2D eigenvalue weighted by Crippen LogP contribution is -2.46. The smallest absolute Gasteiger partial charge is 0.308 e. The van der Waals surface area contributed by atoms with Gasteiger partial charge in [0.1, 0.15) is 0 Å². The summed E-state index contributed by atoms with van der Waals surface area (Å²) in [4.78, 5) is 28.3. The summed E-state index contributed by atoms with van der Waals surface area (Å²) in [5.41, 5.74) is 2.50. The fraction of sp³-hybridized carbons (Fsp3) is 0.556. The SMILES string of the molecule is COC(=O)C1CCN(C(=O)CN2c3ccccc3C[C@H]2C)CC1. The van der Waals surface area contributed by atoms with Crippen molar-refractivity contribution >= 4 is 17.6 Å². The topological polar surface area (TPSA) is 49.9 Å². The van der Waals surface area contributed by atoms with Crippen molar-refractivity contribution in [1.82, 2.24) is 4.90 Å². The molecule has 1 aromatic carbocycles. The van der Waals surface area contributed by atoms with Crippen LogP contribution in [0, 0.1) is 5.92 Å². The van der Waals surface area contributed by atoms with E-state index in [1.807, 2.05) is 11.0 Å². The molecule has 0 aromatic heterocycles. The second-order valence-corrected chi connectivity index (χ2v) is 6.49. The molecule has 2 heterocycles. The van der Waals surface area contributed by atoms with Crippen molar-refractivity contribution in [3.8, 4) is 0 Å². The molecule has 1 fully saturated rings. The first-order valence-corrected chi connectivity index (χ1v) is 8.30. The highest BCUT2D eigenvalue weighted by Crippen LogP contribution is 2.31. The van der Waals surface area contributed by atoms with E-state index in [-0.39, 0.29) is 17.8 Å². The monoisotopic (exact) mass is 316 g/mol. The molecule has 1 amide bonds. The first-order chi connectivity index (χ1) is 11.1. The molecule has 0 bridgehead atoms. The zero-order chi connectivity index (χ0) is 16.4. The van der Waals surface area contributed by atoms with Crippen LogP contribution in [0.5, 0.6) is 0 Å². The Balaban J connectivity index is 1.59. The molecule has 1 aromatic rings. The average molecular weight is 316 g/mol. The Morgan fingerprint density at radius 2 is 1.91 bits per heavy atom. The molecular formula is C18H24N2O3. The van der Waals surface area contributed by atoms with Gasteiger partial charge >= 0.3 is 5.97 Å². The molecule has 0 N–H and O–H groups in total. The number of benzene rings is 1. The predicted molar refractivity (Wildman–Crippen MR) is 88.3 cm³/mol. The Hall–Kier alpha value is -2.04. The Morgan fingerprint density at radius 1 is 1.22 bits per heavy atom. The summed E-state index contributed by atoms with van der Waals surface area (Å²) >= 11 is 0. The van der Waals surface area contributed by atoms with E-state index in [9.17, 15) is 9.59 Å². The number of nitrogens with zero attached hydrogens (tertiary/aromatic N) is 2. The van der Waals surface area contributed by atoms with Gasteiger partial charge in [-0.25, -0.2) is 0 Å². The molecule has 3 rings (SSSR count). The normalized spacial score (nSPS) is 21.2. The van der Waals surface area contributed by atoms with Crippen molar-refractivity contribution in [2.45, 2.75) is 32.2 Å². The van der Waals surface area contributed by atoms with Crippen LogP contribution in [0.3, 0.4) is 0 Å². The number of likely N-dealkylation sites (tertiary alicyclic amines) is 1. The van der Waals surface area contributed by atoms with E-state index in [2.05, 4.69) is 30.0 Å². The summed E-state index contributed by atoms with van der Waals surface area (Å²) in [6, 6.07) is 8.65. The van der Waals surface area contributed by atoms with Crippen LogP contribution in [0.4, 0.5) is 5.69 Å². The number of carbonyl (C=O) groups excluding carboxylic acids is 2. The molecule has 2 aliphatic rings. The third-order valence-electron chi connectivity index (χ3n) is 5.04. The van der Waals surface area contributed by atoms with Crippen LogP contribution in [0.2, 0.25) is 0 Å². The second kappa shape index (κ2) is 6.60. The van der Waals surface area contributed by atoms with Crippen LogP contribution >= 0.6 is 0 Å². The van der Waals surface area contributed by atoms with Gasteiger partial charge < -0.3 is 14.5 Å². The zero-order valence-corrected chi connectivity index (χ0v) is 13.8. The Morgan fingerprint density at radius 3 is 2.61 bits per heavy atom. The molecule has 2 aliphatic heterocycles. The summed E-state index contributed by atoms with van der Waals surface area (Å²) in [6.07, 6.45) is 2.39. The molecule has 5 heteroatoms. The van der Waals surface area contributed by atoms with Crippen LogP contribution in [0.15, 0.2) is 24.3 Å². The van der Waals surface area contributed by atoms with Crippen molar-refractivity contribution < 1.29 is 14.3 Å². The standard InChI is InChI=1S/C18H24N2O3/c1-13-11-15-5-3-4-6-16(15)20(13)12-17(21)19-9-7-14(8-10-19)18(22)23-2/h3-6,13-14H,7-12H2,1-2H3/t13-/m1/s1. The highest BCUT2D eigenvalue weighted by atomic mass is 16.5. The number of para-hydroxylation sites is 1. The van der Waals surface area contributed by atoms with Gasteiger partial charge in [-0.15, -0.1) is 0 Å². The molecule has 0 aliphatic carbocycles. The van der Waals surface area contributed by atoms with Gasteiger partial charge in [-0.2, -0.15) is 0 Å². The van der Waals surface area contributed by atoms with E-state index in [4.69, 9.17) is 4.74 Å². The molecule has 1 saturated heterocycles. The van der Waals surface area contributed by atoms with Crippen molar-refractivity contribution in [2.24, 2.45) is 5.92 Å². The van der Waals surface area contributed by atoms with E-state index in [0.717, 1.165) is 6.42 Å². The van der Waals surface area contributed by atoms with Crippen LogP contribution in [-0.2, 0) is 20.7 Å². The maximum atomic E-state index is 12.6. The number of hydrogen-bond acceptors (Lipinski definition) is 4. The number of fused-ring (bicyclic) bond motifs is 1. The average Bonchev–Trinajstić information content (AvgIpc) is 2.90. The molecule has 1 atom stereocenters. The van der Waals surface area contributed by atoms with Gasteiger partial charge in [-0.3, -0.25) is 9.59 Å². The molecule has 0 spiro atoms. The highest BCUT2D eigenvalue weighted by Gasteiger charge is 2.31. The predicted octanol–water partition coefficient (Wildman–Crippen LogP) is 1.85. The van der Waals surface area contributed by atoms with E-state index in [1.165, 1.54) is 18.4 Å². The van der Waals surface area contributed by atoms with Crippen molar-refractivity contribution in [3.05, 3.63) is 29.8 Å². The van der Waals surface area contributed by atoms with Crippen LogP contribution < -0.4 is 4.90 Å². The summed E-state index contributed by atoms with van der Waals surface area (Å²) in [5, 5.41) is 0. The fourth-order valence-electron chi connectivity index (χ4n) is 3.65. The largest absolute Gasteiger partial charge is 0.469 e. The number of piperidine rings is 1. The van der Waals surface area contributed by atoms with Gasteiger partial charge in [0.2, 0.25) is 5.91 Å². The Bertz CT molecular complexity index is 594. The van der Waals surface area contributed by atoms with E-state index >= 15 is 0 Å². The number of esters is 1. The van der Waals surface area contributed by atoms with Crippen molar-refractivity contribution in [1.29, 1.82) is 0 Å². The maximum Gasteiger partial charge on any atom is 0.308 e.